The lowest BCUT2D eigenvalue weighted by atomic mass is 9.97. The largest absolute Gasteiger partial charge is 0.421 e. The van der Waals surface area contributed by atoms with Gasteiger partial charge in [-0.05, 0) is 24.6 Å². The molecule has 72 valence electrons. The molecule has 0 saturated heterocycles. The van der Waals surface area contributed by atoms with E-state index in [1.807, 2.05) is 0 Å². The van der Waals surface area contributed by atoms with Gasteiger partial charge in [-0.15, -0.1) is 0 Å². The van der Waals surface area contributed by atoms with E-state index in [1.165, 1.54) is 12.4 Å². The molecule has 2 nitrogen and oxygen atoms in total. The zero-order chi connectivity index (χ0) is 10.1. The van der Waals surface area contributed by atoms with E-state index in [9.17, 15) is 13.2 Å². The molecule has 1 atom stereocenters. The lowest BCUT2D eigenvalue weighted by Gasteiger charge is -2.26. The Balaban J connectivity index is 3.08. The van der Waals surface area contributed by atoms with E-state index in [2.05, 4.69) is 4.98 Å². The summed E-state index contributed by atoms with van der Waals surface area (Å²) in [6, 6.07) is 2.26. The van der Waals surface area contributed by atoms with Crippen molar-refractivity contribution >= 4 is 0 Å². The molecule has 0 aliphatic rings. The van der Waals surface area contributed by atoms with Crippen LogP contribution in [-0.2, 0) is 5.60 Å². The summed E-state index contributed by atoms with van der Waals surface area (Å²) in [7, 11) is 0. The molecule has 0 amide bonds. The Hall–Kier alpha value is -1.10. The maximum Gasteiger partial charge on any atom is 0.421 e. The highest BCUT2D eigenvalue weighted by molar-refractivity contribution is 5.19. The van der Waals surface area contributed by atoms with E-state index in [-0.39, 0.29) is 5.56 Å². The van der Waals surface area contributed by atoms with E-state index < -0.39 is 11.8 Å². The number of pyridine rings is 1. The fourth-order valence-electron chi connectivity index (χ4n) is 0.840. The predicted molar refractivity (Wildman–Crippen MR) is 39.9 cm³/mol. The van der Waals surface area contributed by atoms with Crippen molar-refractivity contribution < 1.29 is 18.3 Å². The zero-order valence-electron chi connectivity index (χ0n) is 6.84. The van der Waals surface area contributed by atoms with E-state index in [4.69, 9.17) is 5.11 Å². The Bertz CT molecular complexity index is 281. The van der Waals surface area contributed by atoms with Crippen molar-refractivity contribution in [3.63, 3.8) is 0 Å². The van der Waals surface area contributed by atoms with Crippen LogP contribution >= 0.6 is 0 Å². The SMILES string of the molecule is C[C@@](O)(c1ccncc1)C(F)(F)F. The van der Waals surface area contributed by atoms with Crippen molar-refractivity contribution in [1.29, 1.82) is 0 Å². The van der Waals surface area contributed by atoms with E-state index >= 15 is 0 Å². The molecule has 1 rings (SSSR count). The monoisotopic (exact) mass is 191 g/mol. The first-order chi connectivity index (χ1) is 5.86. The minimum atomic E-state index is -4.67. The van der Waals surface area contributed by atoms with Gasteiger partial charge in [0.1, 0.15) is 0 Å². The maximum absolute atomic E-state index is 12.2. The third kappa shape index (κ3) is 1.80. The third-order valence-electron chi connectivity index (χ3n) is 1.79. The minimum Gasteiger partial charge on any atom is -0.376 e. The Morgan fingerprint density at radius 1 is 1.23 bits per heavy atom. The summed E-state index contributed by atoms with van der Waals surface area (Å²) in [4.78, 5) is 3.56. The van der Waals surface area contributed by atoms with Crippen molar-refractivity contribution in [2.45, 2.75) is 18.7 Å². The average molecular weight is 191 g/mol. The second kappa shape index (κ2) is 2.99. The molecule has 1 aromatic rings. The van der Waals surface area contributed by atoms with Crippen molar-refractivity contribution in [2.75, 3.05) is 0 Å². The molecule has 0 radical (unpaired) electrons. The van der Waals surface area contributed by atoms with Gasteiger partial charge in [-0.2, -0.15) is 13.2 Å². The first-order valence-electron chi connectivity index (χ1n) is 3.55. The first kappa shape index (κ1) is 9.98. The number of aromatic nitrogens is 1. The van der Waals surface area contributed by atoms with Crippen LogP contribution in [0.5, 0.6) is 0 Å². The van der Waals surface area contributed by atoms with Gasteiger partial charge in [-0.1, -0.05) is 0 Å². The normalized spacial score (nSPS) is 16.7. The second-order valence-corrected chi connectivity index (χ2v) is 2.81. The number of aliphatic hydroxyl groups is 1. The zero-order valence-corrected chi connectivity index (χ0v) is 6.84. The highest BCUT2D eigenvalue weighted by Crippen LogP contribution is 2.37. The van der Waals surface area contributed by atoms with Crippen LogP contribution in [0.25, 0.3) is 0 Å². The molecule has 1 N–H and O–H groups in total. The van der Waals surface area contributed by atoms with Gasteiger partial charge < -0.3 is 5.11 Å². The standard InChI is InChI=1S/C8H8F3NO/c1-7(13,8(9,10)11)6-2-4-12-5-3-6/h2-5,13H,1H3/t7-/m1/s1. The number of nitrogens with zero attached hydrogens (tertiary/aromatic N) is 1. The van der Waals surface area contributed by atoms with Gasteiger partial charge in [-0.25, -0.2) is 0 Å². The summed E-state index contributed by atoms with van der Waals surface area (Å²) in [5, 5.41) is 9.17. The minimum absolute atomic E-state index is 0.213. The molecule has 0 bridgehead atoms. The first-order valence-corrected chi connectivity index (χ1v) is 3.55. The Morgan fingerprint density at radius 2 is 1.69 bits per heavy atom. The van der Waals surface area contributed by atoms with Crippen LogP contribution in [0.3, 0.4) is 0 Å². The molecule has 1 aromatic heterocycles. The highest BCUT2D eigenvalue weighted by Gasteiger charge is 2.50. The van der Waals surface area contributed by atoms with Crippen molar-refractivity contribution in [3.8, 4) is 0 Å². The second-order valence-electron chi connectivity index (χ2n) is 2.81. The van der Waals surface area contributed by atoms with Crippen molar-refractivity contribution in [2.24, 2.45) is 0 Å². The van der Waals surface area contributed by atoms with Crippen molar-refractivity contribution in [1.82, 2.24) is 4.98 Å². The number of hydrogen-bond acceptors (Lipinski definition) is 2. The lowest BCUT2D eigenvalue weighted by Crippen LogP contribution is -2.39. The summed E-state index contributed by atoms with van der Waals surface area (Å²) in [5.74, 6) is 0. The van der Waals surface area contributed by atoms with Gasteiger partial charge in [0.15, 0.2) is 5.60 Å². The summed E-state index contributed by atoms with van der Waals surface area (Å²) in [5.41, 5.74) is -3.02. The van der Waals surface area contributed by atoms with E-state index in [0.717, 1.165) is 12.1 Å². The Kier molecular flexibility index (Phi) is 2.30. The fourth-order valence-corrected chi connectivity index (χ4v) is 0.840. The Labute approximate surface area is 73.0 Å². The average Bonchev–Trinajstić information content (AvgIpc) is 2.04. The summed E-state index contributed by atoms with van der Waals surface area (Å²) >= 11 is 0. The molecule has 0 saturated carbocycles. The molecule has 0 spiro atoms. The van der Waals surface area contributed by atoms with Crippen LogP contribution in [0.1, 0.15) is 12.5 Å². The Morgan fingerprint density at radius 3 is 2.08 bits per heavy atom. The molecule has 1 heterocycles. The van der Waals surface area contributed by atoms with Gasteiger partial charge >= 0.3 is 6.18 Å². The number of halogens is 3. The van der Waals surface area contributed by atoms with Gasteiger partial charge in [0.05, 0.1) is 0 Å². The number of alkyl halides is 3. The van der Waals surface area contributed by atoms with Crippen LogP contribution in [0, 0.1) is 0 Å². The van der Waals surface area contributed by atoms with Gasteiger partial charge in [0.25, 0.3) is 0 Å². The topological polar surface area (TPSA) is 33.1 Å². The predicted octanol–water partition coefficient (Wildman–Crippen LogP) is 1.85. The molecule has 0 aliphatic heterocycles. The van der Waals surface area contributed by atoms with Gasteiger partial charge in [-0.3, -0.25) is 4.98 Å². The summed E-state index contributed by atoms with van der Waals surface area (Å²) < 4.78 is 36.7. The molecule has 5 heteroatoms. The smallest absolute Gasteiger partial charge is 0.376 e. The molecule has 0 unspecified atom stereocenters. The van der Waals surface area contributed by atoms with Crippen LogP contribution in [0.2, 0.25) is 0 Å². The molecule has 0 fully saturated rings. The molecule has 13 heavy (non-hydrogen) atoms. The van der Waals surface area contributed by atoms with E-state index in [1.54, 1.807) is 0 Å². The van der Waals surface area contributed by atoms with Crippen LogP contribution in [0.4, 0.5) is 13.2 Å². The van der Waals surface area contributed by atoms with Crippen LogP contribution in [0.15, 0.2) is 24.5 Å². The number of rotatable bonds is 1. The molecule has 0 aromatic carbocycles. The van der Waals surface area contributed by atoms with Crippen molar-refractivity contribution in [3.05, 3.63) is 30.1 Å². The van der Waals surface area contributed by atoms with Gasteiger partial charge in [0, 0.05) is 12.4 Å². The third-order valence-corrected chi connectivity index (χ3v) is 1.79. The molecular formula is C8H8F3NO. The maximum atomic E-state index is 12.2. The number of hydrogen-bond donors (Lipinski definition) is 1. The molecule has 0 aliphatic carbocycles. The lowest BCUT2D eigenvalue weighted by molar-refractivity contribution is -0.258. The van der Waals surface area contributed by atoms with E-state index in [0.29, 0.717) is 6.92 Å². The van der Waals surface area contributed by atoms with Crippen LogP contribution < -0.4 is 0 Å². The quantitative estimate of drug-likeness (QED) is 0.734. The summed E-state index contributed by atoms with van der Waals surface area (Å²) in [6.07, 6.45) is -2.26. The highest BCUT2D eigenvalue weighted by atomic mass is 19.4. The van der Waals surface area contributed by atoms with Crippen LogP contribution in [-0.4, -0.2) is 16.3 Å². The van der Waals surface area contributed by atoms with Gasteiger partial charge in [0.2, 0.25) is 0 Å². The summed E-state index contributed by atoms with van der Waals surface area (Å²) in [6.45, 7) is 0.711. The fraction of sp³-hybridized carbons (Fsp3) is 0.375. The molecular weight excluding hydrogens is 183 g/mol.